The van der Waals surface area contributed by atoms with Crippen LogP contribution in [0.1, 0.15) is 16.1 Å². The van der Waals surface area contributed by atoms with Crippen molar-refractivity contribution in [1.29, 1.82) is 0 Å². The van der Waals surface area contributed by atoms with Crippen molar-refractivity contribution in [3.05, 3.63) is 63.3 Å². The molecule has 0 bridgehead atoms. The maximum Gasteiger partial charge on any atom is 0.270 e. The summed E-state index contributed by atoms with van der Waals surface area (Å²) in [5.74, 6) is -0.568. The van der Waals surface area contributed by atoms with Crippen molar-refractivity contribution < 1.29 is 14.1 Å². The van der Waals surface area contributed by atoms with Gasteiger partial charge < -0.3 is 4.90 Å². The number of nitro groups is 1. The van der Waals surface area contributed by atoms with Crippen LogP contribution in [-0.2, 0) is 0 Å². The predicted octanol–water partition coefficient (Wildman–Crippen LogP) is 5.58. The molecule has 0 saturated heterocycles. The number of aromatic nitrogens is 1. The molecule has 11 heteroatoms. The summed E-state index contributed by atoms with van der Waals surface area (Å²) >= 11 is 2.56. The molecule has 2 aromatic carbocycles. The fourth-order valence-electron chi connectivity index (χ4n) is 3.21. The number of anilines is 1. The monoisotopic (exact) mass is 494 g/mol. The van der Waals surface area contributed by atoms with E-state index in [4.69, 9.17) is 0 Å². The van der Waals surface area contributed by atoms with Gasteiger partial charge in [-0.15, -0.1) is 23.7 Å². The van der Waals surface area contributed by atoms with Crippen molar-refractivity contribution >= 4 is 72.1 Å². The van der Waals surface area contributed by atoms with Crippen molar-refractivity contribution in [2.75, 3.05) is 32.1 Å². The number of thiazole rings is 1. The van der Waals surface area contributed by atoms with E-state index in [9.17, 15) is 19.3 Å². The lowest BCUT2D eigenvalue weighted by molar-refractivity contribution is -0.384. The second kappa shape index (κ2) is 9.86. The zero-order chi connectivity index (χ0) is 22.1. The fourth-order valence-corrected chi connectivity index (χ4v) is 5.22. The maximum absolute atomic E-state index is 13.6. The van der Waals surface area contributed by atoms with E-state index >= 15 is 0 Å². The SMILES string of the molecule is CN(C)CCCN(C(=O)c1cc2cc([N+](=O)[O-])ccc2s1)c1nc2ccc(F)cc2s1.Cl. The Morgan fingerprint density at radius 3 is 2.59 bits per heavy atom. The van der Waals surface area contributed by atoms with Crippen LogP contribution in [0.3, 0.4) is 0 Å². The predicted molar refractivity (Wildman–Crippen MR) is 130 cm³/mol. The van der Waals surface area contributed by atoms with Crippen LogP contribution in [0.2, 0.25) is 0 Å². The summed E-state index contributed by atoms with van der Waals surface area (Å²) in [6.07, 6.45) is 0.736. The topological polar surface area (TPSA) is 79.6 Å². The summed E-state index contributed by atoms with van der Waals surface area (Å²) < 4.78 is 15.1. The van der Waals surface area contributed by atoms with Gasteiger partial charge in [0.1, 0.15) is 5.82 Å². The van der Waals surface area contributed by atoms with Crippen LogP contribution >= 0.6 is 35.1 Å². The second-order valence-corrected chi connectivity index (χ2v) is 9.40. The lowest BCUT2D eigenvalue weighted by Crippen LogP contribution is -2.32. The number of benzene rings is 2. The highest BCUT2D eigenvalue weighted by Crippen LogP contribution is 2.33. The molecular weight excluding hydrogens is 475 g/mol. The zero-order valence-electron chi connectivity index (χ0n) is 17.3. The molecule has 0 aliphatic heterocycles. The molecule has 0 N–H and O–H groups in total. The van der Waals surface area contributed by atoms with Crippen LogP contribution in [0, 0.1) is 15.9 Å². The molecule has 0 aliphatic carbocycles. The molecule has 0 spiro atoms. The molecule has 0 unspecified atom stereocenters. The van der Waals surface area contributed by atoms with Crippen LogP contribution in [0.5, 0.6) is 0 Å². The van der Waals surface area contributed by atoms with Gasteiger partial charge in [-0.2, -0.15) is 0 Å². The first kappa shape index (κ1) is 24.0. The first-order valence-electron chi connectivity index (χ1n) is 9.52. The van der Waals surface area contributed by atoms with Gasteiger partial charge in [0, 0.05) is 28.8 Å². The number of nitrogens with zero attached hydrogens (tertiary/aromatic N) is 4. The van der Waals surface area contributed by atoms with Gasteiger partial charge in [-0.1, -0.05) is 11.3 Å². The first-order valence-corrected chi connectivity index (χ1v) is 11.2. The minimum Gasteiger partial charge on any atom is -0.309 e. The largest absolute Gasteiger partial charge is 0.309 e. The summed E-state index contributed by atoms with van der Waals surface area (Å²) in [6.45, 7) is 1.25. The summed E-state index contributed by atoms with van der Waals surface area (Å²) in [4.78, 5) is 32.7. The van der Waals surface area contributed by atoms with E-state index in [1.54, 1.807) is 23.1 Å². The van der Waals surface area contributed by atoms with Gasteiger partial charge in [-0.25, -0.2) is 9.37 Å². The molecule has 2 aromatic heterocycles. The van der Waals surface area contributed by atoms with E-state index in [-0.39, 0.29) is 29.8 Å². The molecule has 2 heterocycles. The van der Waals surface area contributed by atoms with Gasteiger partial charge in [0.25, 0.3) is 11.6 Å². The number of hydrogen-bond acceptors (Lipinski definition) is 7. The molecule has 1 amide bonds. The van der Waals surface area contributed by atoms with Gasteiger partial charge >= 0.3 is 0 Å². The number of rotatable bonds is 7. The van der Waals surface area contributed by atoms with Crippen molar-refractivity contribution in [2.24, 2.45) is 0 Å². The van der Waals surface area contributed by atoms with Gasteiger partial charge in [0.05, 0.1) is 20.0 Å². The number of carbonyl (C=O) groups excluding carboxylic acids is 1. The third-order valence-corrected chi connectivity index (χ3v) is 6.87. The van der Waals surface area contributed by atoms with Crippen LogP contribution < -0.4 is 4.90 Å². The first-order chi connectivity index (χ1) is 14.8. The maximum atomic E-state index is 13.6. The number of thiophene rings is 1. The lowest BCUT2D eigenvalue weighted by atomic mass is 10.2. The van der Waals surface area contributed by atoms with Crippen molar-refractivity contribution in [3.8, 4) is 0 Å². The Hall–Kier alpha value is -2.66. The van der Waals surface area contributed by atoms with Crippen molar-refractivity contribution in [3.63, 3.8) is 0 Å². The normalized spacial score (nSPS) is 11.1. The summed E-state index contributed by atoms with van der Waals surface area (Å²) in [5, 5.41) is 12.2. The van der Waals surface area contributed by atoms with Crippen LogP contribution in [0.4, 0.5) is 15.2 Å². The quantitative estimate of drug-likeness (QED) is 0.247. The van der Waals surface area contributed by atoms with Crippen LogP contribution in [0.25, 0.3) is 20.3 Å². The average molecular weight is 495 g/mol. The van der Waals surface area contributed by atoms with Crippen molar-refractivity contribution in [2.45, 2.75) is 6.42 Å². The van der Waals surface area contributed by atoms with E-state index in [0.29, 0.717) is 32.2 Å². The number of fused-ring (bicyclic) bond motifs is 2. The molecule has 0 aliphatic rings. The molecule has 4 rings (SSSR count). The molecule has 32 heavy (non-hydrogen) atoms. The Morgan fingerprint density at radius 2 is 1.88 bits per heavy atom. The summed E-state index contributed by atoms with van der Waals surface area (Å²) in [7, 11) is 3.93. The standard InChI is InChI=1S/C21H19FN4O3S2.ClH/c1-24(2)8-3-9-25(21-23-16-6-4-14(22)12-18(16)31-21)20(27)19-11-13-10-15(26(28)29)5-7-17(13)30-19;/h4-7,10-12H,3,8-9H2,1-2H3;1H. The number of carbonyl (C=O) groups is 1. The van der Waals surface area contributed by atoms with Gasteiger partial charge in [0.2, 0.25) is 0 Å². The molecule has 0 saturated carbocycles. The highest BCUT2D eigenvalue weighted by molar-refractivity contribution is 7.23. The minimum atomic E-state index is -0.452. The Kier molecular flexibility index (Phi) is 7.40. The molecule has 0 fully saturated rings. The van der Waals surface area contributed by atoms with Gasteiger partial charge in [-0.05, 0) is 57.4 Å². The van der Waals surface area contributed by atoms with Gasteiger partial charge in [0.15, 0.2) is 5.13 Å². The highest BCUT2D eigenvalue weighted by Gasteiger charge is 2.23. The van der Waals surface area contributed by atoms with Crippen LogP contribution in [-0.4, -0.2) is 47.9 Å². The smallest absolute Gasteiger partial charge is 0.270 e. The minimum absolute atomic E-state index is 0. The highest BCUT2D eigenvalue weighted by atomic mass is 35.5. The van der Waals surface area contributed by atoms with Crippen molar-refractivity contribution in [1.82, 2.24) is 9.88 Å². The summed E-state index contributed by atoms with van der Waals surface area (Å²) in [6, 6.07) is 10.6. The number of hydrogen-bond donors (Lipinski definition) is 0. The van der Waals surface area contributed by atoms with Gasteiger partial charge in [-0.3, -0.25) is 19.8 Å². The lowest BCUT2D eigenvalue weighted by Gasteiger charge is -2.20. The van der Waals surface area contributed by atoms with Crippen LogP contribution in [0.15, 0.2) is 42.5 Å². The number of non-ortho nitro benzene ring substituents is 1. The van der Waals surface area contributed by atoms with E-state index in [1.807, 2.05) is 19.0 Å². The molecule has 7 nitrogen and oxygen atoms in total. The second-order valence-electron chi connectivity index (χ2n) is 7.31. The molecular formula is C21H20ClFN4O3S2. The van der Waals surface area contributed by atoms with E-state index in [1.165, 1.54) is 46.9 Å². The van der Waals surface area contributed by atoms with E-state index in [0.717, 1.165) is 17.7 Å². The Bertz CT molecular complexity index is 1290. The Labute approximate surface area is 197 Å². The third-order valence-electron chi connectivity index (χ3n) is 4.72. The van der Waals surface area contributed by atoms with E-state index in [2.05, 4.69) is 4.98 Å². The Morgan fingerprint density at radius 1 is 1.09 bits per heavy atom. The Balaban J connectivity index is 0.00000289. The average Bonchev–Trinajstić information content (AvgIpc) is 3.33. The zero-order valence-corrected chi connectivity index (χ0v) is 19.7. The van der Waals surface area contributed by atoms with E-state index < -0.39 is 4.92 Å². The summed E-state index contributed by atoms with van der Waals surface area (Å²) in [5.41, 5.74) is 0.624. The number of amides is 1. The fraction of sp³-hybridized carbons (Fsp3) is 0.238. The molecule has 0 atom stereocenters. The third kappa shape index (κ3) is 5.04. The number of nitro benzene ring substituents is 1. The molecule has 0 radical (unpaired) electrons. The molecule has 168 valence electrons. The number of halogens is 2. The molecule has 4 aromatic rings.